The first-order valence-corrected chi connectivity index (χ1v) is 9.73. The van der Waals surface area contributed by atoms with Gasteiger partial charge < -0.3 is 19.8 Å². The van der Waals surface area contributed by atoms with Crippen molar-refractivity contribution in [2.75, 3.05) is 36.9 Å². The van der Waals surface area contributed by atoms with Gasteiger partial charge in [-0.25, -0.2) is 0 Å². The zero-order valence-electron chi connectivity index (χ0n) is 15.1. The smallest absolute Gasteiger partial charge is 0.232 e. The van der Waals surface area contributed by atoms with E-state index < -0.39 is 0 Å². The third kappa shape index (κ3) is 5.75. The van der Waals surface area contributed by atoms with Gasteiger partial charge in [0.2, 0.25) is 17.5 Å². The van der Waals surface area contributed by atoms with Crippen LogP contribution in [0.2, 0.25) is 15.1 Å². The van der Waals surface area contributed by atoms with E-state index in [0.29, 0.717) is 36.9 Å². The lowest BCUT2D eigenvalue weighted by Gasteiger charge is -2.07. The highest BCUT2D eigenvalue weighted by atomic mass is 35.5. The summed E-state index contributed by atoms with van der Waals surface area (Å²) in [6, 6.07) is 8.83. The Morgan fingerprint density at radius 2 is 1.79 bits per heavy atom. The third-order valence-electron chi connectivity index (χ3n) is 3.74. The molecule has 3 rings (SSSR count). The van der Waals surface area contributed by atoms with Gasteiger partial charge in [-0.3, -0.25) is 4.98 Å². The Labute approximate surface area is 182 Å². The predicted molar refractivity (Wildman–Crippen MR) is 114 cm³/mol. The summed E-state index contributed by atoms with van der Waals surface area (Å²) in [5, 5.41) is 16.4. The van der Waals surface area contributed by atoms with E-state index in [0.717, 1.165) is 5.69 Å². The molecule has 0 aliphatic carbocycles. The van der Waals surface area contributed by atoms with Crippen molar-refractivity contribution >= 4 is 46.4 Å². The maximum absolute atomic E-state index is 9.30. The molecule has 1 aromatic carbocycles. The van der Waals surface area contributed by atoms with Gasteiger partial charge in [0.25, 0.3) is 0 Å². The van der Waals surface area contributed by atoms with E-state index in [1.165, 1.54) is 6.07 Å². The monoisotopic (exact) mass is 451 g/mol. The number of hydrogen-bond donors (Lipinski definition) is 2. The second-order valence-electron chi connectivity index (χ2n) is 5.76. The molecule has 29 heavy (non-hydrogen) atoms. The van der Waals surface area contributed by atoms with E-state index in [-0.39, 0.29) is 27.5 Å². The molecule has 0 aliphatic heterocycles. The number of anilines is 2. The first kappa shape index (κ1) is 21.2. The van der Waals surface area contributed by atoms with Gasteiger partial charge in [-0.1, -0.05) is 34.8 Å². The molecule has 0 unspecified atom stereocenters. The molecule has 0 amide bonds. The molecule has 150 valence electrons. The number of hydrogen-bond acceptors (Lipinski definition) is 7. The highest BCUT2D eigenvalue weighted by Crippen LogP contribution is 2.37. The zero-order chi connectivity index (χ0) is 20.6. The highest BCUT2D eigenvalue weighted by molar-refractivity contribution is 6.44. The summed E-state index contributed by atoms with van der Waals surface area (Å²) in [5.74, 6) is 0.383. The zero-order valence-corrected chi connectivity index (χ0v) is 17.4. The predicted octanol–water partition coefficient (Wildman–Crippen LogP) is 5.11. The van der Waals surface area contributed by atoms with Crippen LogP contribution >= 0.6 is 34.8 Å². The summed E-state index contributed by atoms with van der Waals surface area (Å²) < 4.78 is 11.2. The van der Waals surface area contributed by atoms with E-state index in [9.17, 15) is 5.26 Å². The highest BCUT2D eigenvalue weighted by Gasteiger charge is 2.18. The minimum absolute atomic E-state index is 0.103. The summed E-state index contributed by atoms with van der Waals surface area (Å²) in [4.78, 5) is 8.11. The molecule has 0 bridgehead atoms. The van der Waals surface area contributed by atoms with Crippen LogP contribution in [0, 0.1) is 11.3 Å². The van der Waals surface area contributed by atoms with Crippen molar-refractivity contribution < 1.29 is 9.15 Å². The fourth-order valence-electron chi connectivity index (χ4n) is 2.42. The van der Waals surface area contributed by atoms with Crippen molar-refractivity contribution in [1.29, 1.82) is 5.26 Å². The molecule has 7 nitrogen and oxygen atoms in total. The van der Waals surface area contributed by atoms with Crippen molar-refractivity contribution in [2.24, 2.45) is 0 Å². The maximum Gasteiger partial charge on any atom is 0.232 e. The van der Waals surface area contributed by atoms with Crippen molar-refractivity contribution in [3.05, 3.63) is 57.4 Å². The van der Waals surface area contributed by atoms with E-state index >= 15 is 0 Å². The minimum Gasteiger partial charge on any atom is -0.419 e. The third-order valence-corrected chi connectivity index (χ3v) is 4.76. The van der Waals surface area contributed by atoms with Crippen LogP contribution in [0.25, 0.3) is 11.5 Å². The van der Waals surface area contributed by atoms with Gasteiger partial charge >= 0.3 is 0 Å². The lowest BCUT2D eigenvalue weighted by molar-refractivity contribution is 0.154. The normalized spacial score (nSPS) is 10.6. The van der Waals surface area contributed by atoms with Crippen molar-refractivity contribution in [1.82, 2.24) is 9.97 Å². The maximum atomic E-state index is 9.30. The van der Waals surface area contributed by atoms with Crippen molar-refractivity contribution in [2.45, 2.75) is 0 Å². The van der Waals surface area contributed by atoms with E-state index in [1.807, 2.05) is 18.2 Å². The van der Waals surface area contributed by atoms with Crippen molar-refractivity contribution in [3.63, 3.8) is 0 Å². The second-order valence-corrected chi connectivity index (χ2v) is 6.98. The van der Waals surface area contributed by atoms with Gasteiger partial charge in [0.05, 0.1) is 28.8 Å². The van der Waals surface area contributed by atoms with Gasteiger partial charge in [-0.15, -0.1) is 0 Å². The summed E-state index contributed by atoms with van der Waals surface area (Å²) in [7, 11) is 0. The van der Waals surface area contributed by atoms with Crippen molar-refractivity contribution in [3.8, 4) is 17.5 Å². The van der Waals surface area contributed by atoms with Crippen LogP contribution in [-0.2, 0) is 4.74 Å². The Bertz CT molecular complexity index is 1010. The standard InChI is InChI=1S/C19H16Cl3N5O2/c20-12-9-14(17(22)15(21)10-12)18-27-16(11-23)19(29-18)26-6-8-28-7-5-25-13-1-3-24-4-2-13/h1-4,9-10,26H,5-8H2,(H,24,25). The first-order valence-electron chi connectivity index (χ1n) is 8.60. The van der Waals surface area contributed by atoms with Crippen LogP contribution in [0.3, 0.4) is 0 Å². The number of nitrogens with one attached hydrogen (secondary N) is 2. The Balaban J connectivity index is 1.51. The summed E-state index contributed by atoms with van der Waals surface area (Å²) in [5.41, 5.74) is 1.49. The number of pyridine rings is 1. The largest absolute Gasteiger partial charge is 0.419 e. The fourth-order valence-corrected chi connectivity index (χ4v) is 3.10. The number of oxazole rings is 1. The SMILES string of the molecule is N#Cc1nc(-c2cc(Cl)cc(Cl)c2Cl)oc1NCCOCCNc1ccncc1. The molecule has 0 radical (unpaired) electrons. The quantitative estimate of drug-likeness (QED) is 0.344. The van der Waals surface area contributed by atoms with E-state index in [1.54, 1.807) is 18.5 Å². The van der Waals surface area contributed by atoms with Gasteiger partial charge in [0.15, 0.2) is 0 Å². The first-order chi connectivity index (χ1) is 14.1. The van der Waals surface area contributed by atoms with Crippen LogP contribution in [0.5, 0.6) is 0 Å². The molecule has 2 aromatic heterocycles. The molecular weight excluding hydrogens is 437 g/mol. The molecule has 10 heteroatoms. The molecule has 0 atom stereocenters. The molecule has 2 N–H and O–H groups in total. The Hall–Kier alpha value is -2.50. The Morgan fingerprint density at radius 1 is 1.07 bits per heavy atom. The minimum atomic E-state index is 0.103. The number of halogens is 3. The summed E-state index contributed by atoms with van der Waals surface area (Å²) in [6.45, 7) is 2.03. The number of benzene rings is 1. The van der Waals surface area contributed by atoms with Crippen LogP contribution in [0.1, 0.15) is 5.69 Å². The molecule has 0 spiro atoms. The number of aromatic nitrogens is 2. The fraction of sp³-hybridized carbons (Fsp3) is 0.211. The molecular formula is C19H16Cl3N5O2. The lowest BCUT2D eigenvalue weighted by Crippen LogP contribution is -2.14. The number of rotatable bonds is 9. The molecule has 0 saturated heterocycles. The Morgan fingerprint density at radius 3 is 2.52 bits per heavy atom. The average Bonchev–Trinajstić information content (AvgIpc) is 3.13. The van der Waals surface area contributed by atoms with Gasteiger partial charge in [0, 0.05) is 36.2 Å². The number of ether oxygens (including phenoxy) is 1. The molecule has 0 fully saturated rings. The second kappa shape index (κ2) is 10.3. The van der Waals surface area contributed by atoms with Crippen LogP contribution in [0.15, 0.2) is 41.1 Å². The molecule has 0 saturated carbocycles. The summed E-state index contributed by atoms with van der Waals surface area (Å²) in [6.07, 6.45) is 3.44. The van der Waals surface area contributed by atoms with E-state index in [2.05, 4.69) is 20.6 Å². The van der Waals surface area contributed by atoms with Crippen LogP contribution in [0.4, 0.5) is 11.6 Å². The van der Waals surface area contributed by atoms with Crippen LogP contribution < -0.4 is 10.6 Å². The molecule has 2 heterocycles. The van der Waals surface area contributed by atoms with Gasteiger partial charge in [-0.05, 0) is 24.3 Å². The van der Waals surface area contributed by atoms with Gasteiger partial charge in [-0.2, -0.15) is 10.2 Å². The molecule has 0 aliphatic rings. The molecule has 3 aromatic rings. The van der Waals surface area contributed by atoms with E-state index in [4.69, 9.17) is 44.0 Å². The number of nitrogens with zero attached hydrogens (tertiary/aromatic N) is 3. The Kier molecular flexibility index (Phi) is 7.55. The van der Waals surface area contributed by atoms with Gasteiger partial charge in [0.1, 0.15) is 6.07 Å². The lowest BCUT2D eigenvalue weighted by atomic mass is 10.2. The summed E-state index contributed by atoms with van der Waals surface area (Å²) >= 11 is 18.3. The van der Waals surface area contributed by atoms with Crippen LogP contribution in [-0.4, -0.2) is 36.3 Å². The topological polar surface area (TPSA) is 96.0 Å². The average molecular weight is 453 g/mol. The number of nitriles is 1.